The molecule has 5 nitrogen and oxygen atoms in total. The number of aryl methyl sites for hydroxylation is 1. The highest BCUT2D eigenvalue weighted by Gasteiger charge is 2.11. The fraction of sp³-hybridized carbons (Fsp3) is 0.231. The molecule has 0 atom stereocenters. The lowest BCUT2D eigenvalue weighted by Crippen LogP contribution is -2.30. The smallest absolute Gasteiger partial charge is 0.251 e. The van der Waals surface area contributed by atoms with Crippen molar-refractivity contribution in [1.29, 1.82) is 0 Å². The van der Waals surface area contributed by atoms with Crippen LogP contribution in [0.3, 0.4) is 0 Å². The molecule has 0 unspecified atom stereocenters. The third-order valence-electron chi connectivity index (χ3n) is 4.96. The second-order valence-corrected chi connectivity index (χ2v) is 7.77. The normalized spacial score (nSPS) is 10.6. The van der Waals surface area contributed by atoms with Gasteiger partial charge in [-0.3, -0.25) is 9.59 Å². The van der Waals surface area contributed by atoms with E-state index < -0.39 is 0 Å². The molecule has 0 aromatic heterocycles. The van der Waals surface area contributed by atoms with Crippen LogP contribution in [0.1, 0.15) is 45.7 Å². The SMILES string of the molecule is COc1cccc(CNC(=O)c2ccc(-c3cc(C(=O)NC(C)C)ccc3C)cc2)c1. The van der Waals surface area contributed by atoms with Crippen molar-refractivity contribution in [3.8, 4) is 16.9 Å². The minimum Gasteiger partial charge on any atom is -0.497 e. The van der Waals surface area contributed by atoms with E-state index in [0.29, 0.717) is 17.7 Å². The predicted molar refractivity (Wildman–Crippen MR) is 123 cm³/mol. The Bertz CT molecular complexity index is 1070. The first-order valence-corrected chi connectivity index (χ1v) is 10.3. The molecule has 3 aromatic rings. The maximum atomic E-state index is 12.5. The zero-order chi connectivity index (χ0) is 22.4. The van der Waals surface area contributed by atoms with E-state index >= 15 is 0 Å². The Morgan fingerprint density at radius 2 is 1.61 bits per heavy atom. The quantitative estimate of drug-likeness (QED) is 0.585. The summed E-state index contributed by atoms with van der Waals surface area (Å²) < 4.78 is 5.22. The predicted octanol–water partition coefficient (Wildman–Crippen LogP) is 4.74. The third kappa shape index (κ3) is 5.72. The van der Waals surface area contributed by atoms with Crippen molar-refractivity contribution in [2.45, 2.75) is 33.4 Å². The van der Waals surface area contributed by atoms with Gasteiger partial charge in [-0.05, 0) is 79.4 Å². The third-order valence-corrected chi connectivity index (χ3v) is 4.96. The highest BCUT2D eigenvalue weighted by Crippen LogP contribution is 2.25. The van der Waals surface area contributed by atoms with Crippen LogP contribution in [0.2, 0.25) is 0 Å². The highest BCUT2D eigenvalue weighted by atomic mass is 16.5. The first-order chi connectivity index (χ1) is 14.9. The van der Waals surface area contributed by atoms with Gasteiger partial charge in [-0.2, -0.15) is 0 Å². The Balaban J connectivity index is 1.72. The number of carbonyl (C=O) groups is 2. The van der Waals surface area contributed by atoms with E-state index in [2.05, 4.69) is 10.6 Å². The van der Waals surface area contributed by atoms with Crippen molar-refractivity contribution >= 4 is 11.8 Å². The van der Waals surface area contributed by atoms with Crippen LogP contribution in [-0.4, -0.2) is 25.0 Å². The second kappa shape index (κ2) is 9.94. The first-order valence-electron chi connectivity index (χ1n) is 10.3. The Morgan fingerprint density at radius 3 is 2.29 bits per heavy atom. The Hall–Kier alpha value is -3.60. The number of nitrogens with one attached hydrogen (secondary N) is 2. The Kier molecular flexibility index (Phi) is 7.08. The summed E-state index contributed by atoms with van der Waals surface area (Å²) in [5.41, 5.74) is 5.17. The van der Waals surface area contributed by atoms with E-state index in [1.54, 1.807) is 19.2 Å². The van der Waals surface area contributed by atoms with Crippen LogP contribution in [0, 0.1) is 6.92 Å². The molecule has 0 heterocycles. The van der Waals surface area contributed by atoms with Crippen LogP contribution < -0.4 is 15.4 Å². The standard InChI is InChI=1S/C26H28N2O3/c1-17(2)28-26(30)22-9-8-18(3)24(15-22)20-10-12-21(13-11-20)25(29)27-16-19-6-5-7-23(14-19)31-4/h5-15,17H,16H2,1-4H3,(H,27,29)(H,28,30). The fourth-order valence-corrected chi connectivity index (χ4v) is 3.29. The lowest BCUT2D eigenvalue weighted by atomic mass is 9.97. The summed E-state index contributed by atoms with van der Waals surface area (Å²) in [6.45, 7) is 6.30. The topological polar surface area (TPSA) is 67.4 Å². The maximum absolute atomic E-state index is 12.5. The number of methoxy groups -OCH3 is 1. The van der Waals surface area contributed by atoms with Crippen LogP contribution in [0.25, 0.3) is 11.1 Å². The molecule has 3 aromatic carbocycles. The molecule has 0 fully saturated rings. The number of rotatable bonds is 7. The average molecular weight is 417 g/mol. The summed E-state index contributed by atoms with van der Waals surface area (Å²) in [6, 6.07) is 20.8. The van der Waals surface area contributed by atoms with Crippen molar-refractivity contribution in [3.05, 3.63) is 89.0 Å². The van der Waals surface area contributed by atoms with Crippen LogP contribution in [-0.2, 0) is 6.54 Å². The zero-order valence-corrected chi connectivity index (χ0v) is 18.4. The maximum Gasteiger partial charge on any atom is 0.251 e. The first kappa shape index (κ1) is 22.1. The van der Waals surface area contributed by atoms with E-state index in [0.717, 1.165) is 28.0 Å². The highest BCUT2D eigenvalue weighted by molar-refractivity contribution is 5.96. The minimum atomic E-state index is -0.142. The van der Waals surface area contributed by atoms with Gasteiger partial charge in [-0.1, -0.05) is 30.3 Å². The molecule has 3 rings (SSSR count). The molecule has 31 heavy (non-hydrogen) atoms. The van der Waals surface area contributed by atoms with Gasteiger partial charge < -0.3 is 15.4 Å². The fourth-order valence-electron chi connectivity index (χ4n) is 3.29. The Morgan fingerprint density at radius 1 is 0.903 bits per heavy atom. The average Bonchev–Trinajstić information content (AvgIpc) is 2.77. The summed E-state index contributed by atoms with van der Waals surface area (Å²) in [4.78, 5) is 24.9. The molecule has 5 heteroatoms. The van der Waals surface area contributed by atoms with Gasteiger partial charge in [0.05, 0.1) is 7.11 Å². The van der Waals surface area contributed by atoms with Crippen LogP contribution in [0.4, 0.5) is 0 Å². The molecular weight excluding hydrogens is 388 g/mol. The van der Waals surface area contributed by atoms with E-state index in [1.165, 1.54) is 0 Å². The van der Waals surface area contributed by atoms with Gasteiger partial charge in [0.2, 0.25) is 0 Å². The molecule has 0 saturated carbocycles. The van der Waals surface area contributed by atoms with Gasteiger partial charge >= 0.3 is 0 Å². The summed E-state index contributed by atoms with van der Waals surface area (Å²) >= 11 is 0. The molecule has 160 valence electrons. The van der Waals surface area contributed by atoms with E-state index in [4.69, 9.17) is 4.74 Å². The van der Waals surface area contributed by atoms with Crippen LogP contribution in [0.5, 0.6) is 5.75 Å². The largest absolute Gasteiger partial charge is 0.497 e. The molecule has 0 aliphatic rings. The van der Waals surface area contributed by atoms with E-state index in [1.807, 2.05) is 75.4 Å². The molecule has 2 amide bonds. The second-order valence-electron chi connectivity index (χ2n) is 7.77. The van der Waals surface area contributed by atoms with Gasteiger partial charge in [0, 0.05) is 23.7 Å². The molecule has 0 aliphatic carbocycles. The number of benzene rings is 3. The number of hydrogen-bond acceptors (Lipinski definition) is 3. The lowest BCUT2D eigenvalue weighted by molar-refractivity contribution is 0.0938. The van der Waals surface area contributed by atoms with Crippen molar-refractivity contribution in [2.24, 2.45) is 0 Å². The zero-order valence-electron chi connectivity index (χ0n) is 18.4. The molecule has 0 spiro atoms. The number of carbonyl (C=O) groups excluding carboxylic acids is 2. The van der Waals surface area contributed by atoms with Gasteiger partial charge in [-0.25, -0.2) is 0 Å². The van der Waals surface area contributed by atoms with Crippen molar-refractivity contribution in [3.63, 3.8) is 0 Å². The molecular formula is C26H28N2O3. The molecule has 0 aliphatic heterocycles. The lowest BCUT2D eigenvalue weighted by Gasteiger charge is -2.12. The van der Waals surface area contributed by atoms with Gasteiger partial charge in [0.1, 0.15) is 5.75 Å². The molecule has 0 radical (unpaired) electrons. The van der Waals surface area contributed by atoms with Gasteiger partial charge in [0.15, 0.2) is 0 Å². The van der Waals surface area contributed by atoms with Crippen LogP contribution >= 0.6 is 0 Å². The monoisotopic (exact) mass is 416 g/mol. The summed E-state index contributed by atoms with van der Waals surface area (Å²) in [7, 11) is 1.62. The Labute approximate surface area is 183 Å². The van der Waals surface area contributed by atoms with Gasteiger partial charge in [0.25, 0.3) is 11.8 Å². The van der Waals surface area contributed by atoms with Crippen molar-refractivity contribution in [1.82, 2.24) is 10.6 Å². The molecule has 0 saturated heterocycles. The van der Waals surface area contributed by atoms with E-state index in [9.17, 15) is 9.59 Å². The summed E-state index contributed by atoms with van der Waals surface area (Å²) in [5, 5.41) is 5.85. The van der Waals surface area contributed by atoms with Gasteiger partial charge in [-0.15, -0.1) is 0 Å². The number of amides is 2. The molecule has 0 bridgehead atoms. The van der Waals surface area contributed by atoms with Crippen LogP contribution in [0.15, 0.2) is 66.7 Å². The summed E-state index contributed by atoms with van der Waals surface area (Å²) in [6.07, 6.45) is 0. The van der Waals surface area contributed by atoms with Crippen molar-refractivity contribution in [2.75, 3.05) is 7.11 Å². The van der Waals surface area contributed by atoms with E-state index in [-0.39, 0.29) is 17.9 Å². The minimum absolute atomic E-state index is 0.0759. The molecule has 2 N–H and O–H groups in total. The van der Waals surface area contributed by atoms with Crippen molar-refractivity contribution < 1.29 is 14.3 Å². The number of ether oxygens (including phenoxy) is 1. The summed E-state index contributed by atoms with van der Waals surface area (Å²) in [5.74, 6) is 0.525. The number of hydrogen-bond donors (Lipinski definition) is 2.